The second-order valence-electron chi connectivity index (χ2n) is 9.70. The molecule has 2 unspecified atom stereocenters. The highest BCUT2D eigenvalue weighted by atomic mass is 32.2. The first-order valence-corrected chi connectivity index (χ1v) is 14.5. The van der Waals surface area contributed by atoms with Gasteiger partial charge in [-0.15, -0.1) is 0 Å². The largest absolute Gasteiger partial charge is 0.390 e. The first kappa shape index (κ1) is 32.0. The van der Waals surface area contributed by atoms with Crippen LogP contribution < -0.4 is 5.32 Å². The molecule has 2 aliphatic rings. The van der Waals surface area contributed by atoms with Gasteiger partial charge in [0.1, 0.15) is 5.84 Å². The summed E-state index contributed by atoms with van der Waals surface area (Å²) in [6, 6.07) is -0.107. The average molecular weight is 551 g/mol. The van der Waals surface area contributed by atoms with E-state index in [4.69, 9.17) is 4.99 Å². The zero-order valence-corrected chi connectivity index (χ0v) is 24.3. The molecular weight excluding hydrogens is 506 g/mol. The number of alkyl halides is 2. The number of rotatable bonds is 15. The molecule has 212 valence electrons. The Balaban J connectivity index is 2.21. The van der Waals surface area contributed by atoms with Crippen LogP contribution in [0.15, 0.2) is 55.9 Å². The molecule has 0 aromatic carbocycles. The van der Waals surface area contributed by atoms with Gasteiger partial charge in [-0.2, -0.15) is 0 Å². The van der Waals surface area contributed by atoms with Crippen molar-refractivity contribution in [2.24, 2.45) is 9.98 Å². The zero-order chi connectivity index (χ0) is 28.1. The Labute approximate surface area is 231 Å². The molecule has 1 saturated heterocycles. The maximum atomic E-state index is 12.8. The van der Waals surface area contributed by atoms with Crippen molar-refractivity contribution in [1.29, 1.82) is 0 Å². The van der Waals surface area contributed by atoms with Crippen LogP contribution in [-0.4, -0.2) is 65.7 Å². The van der Waals surface area contributed by atoms with Crippen molar-refractivity contribution >= 4 is 29.2 Å². The van der Waals surface area contributed by atoms with Crippen LogP contribution in [0.3, 0.4) is 0 Å². The normalized spacial score (nSPS) is 20.5. The van der Waals surface area contributed by atoms with Gasteiger partial charge in [0, 0.05) is 49.0 Å². The Morgan fingerprint density at radius 1 is 1.34 bits per heavy atom. The smallest absolute Gasteiger partial charge is 0.242 e. The number of nitrogens with zero attached hydrogens (tertiary/aromatic N) is 3. The summed E-state index contributed by atoms with van der Waals surface area (Å²) in [5.74, 6) is 0.826. The van der Waals surface area contributed by atoms with Crippen LogP contribution in [0.4, 0.5) is 8.78 Å². The number of hydrogen-bond donors (Lipinski definition) is 2. The van der Waals surface area contributed by atoms with Crippen LogP contribution in [0.5, 0.6) is 0 Å². The zero-order valence-electron chi connectivity index (χ0n) is 23.5. The van der Waals surface area contributed by atoms with Gasteiger partial charge in [0.2, 0.25) is 12.3 Å². The third kappa shape index (κ3) is 9.19. The second-order valence-corrected chi connectivity index (χ2v) is 10.7. The quantitative estimate of drug-likeness (QED) is 0.231. The highest BCUT2D eigenvalue weighted by molar-refractivity contribution is 8.06. The number of allylic oxidation sites excluding steroid dienone is 4. The molecule has 0 aliphatic carbocycles. The third-order valence-corrected chi connectivity index (χ3v) is 7.98. The third-order valence-electron chi connectivity index (χ3n) is 6.90. The maximum Gasteiger partial charge on any atom is 0.242 e. The lowest BCUT2D eigenvalue weighted by Crippen LogP contribution is -2.39. The van der Waals surface area contributed by atoms with E-state index in [1.165, 1.54) is 6.08 Å². The van der Waals surface area contributed by atoms with Gasteiger partial charge in [0.25, 0.3) is 0 Å². The molecule has 0 aromatic rings. The number of nitrogens with one attached hydrogen (secondary N) is 1. The van der Waals surface area contributed by atoms with E-state index in [1.807, 2.05) is 38.3 Å². The van der Waals surface area contributed by atoms with Gasteiger partial charge in [0.15, 0.2) is 0 Å². The number of carbonyl (C=O) groups excluding carboxylic acids is 1. The van der Waals surface area contributed by atoms with Gasteiger partial charge < -0.3 is 15.3 Å². The van der Waals surface area contributed by atoms with E-state index in [0.717, 1.165) is 34.9 Å². The number of thioether (sulfide) groups is 1. The molecule has 0 bridgehead atoms. The highest BCUT2D eigenvalue weighted by Gasteiger charge is 2.36. The molecule has 38 heavy (non-hydrogen) atoms. The number of halogens is 2. The van der Waals surface area contributed by atoms with E-state index in [1.54, 1.807) is 24.9 Å². The maximum absolute atomic E-state index is 12.8. The summed E-state index contributed by atoms with van der Waals surface area (Å²) >= 11 is 1.59. The Morgan fingerprint density at radius 3 is 2.71 bits per heavy atom. The first-order chi connectivity index (χ1) is 18.2. The molecule has 0 radical (unpaired) electrons. The van der Waals surface area contributed by atoms with Crippen molar-refractivity contribution in [3.8, 4) is 0 Å². The number of aliphatic imine (C=N–C) groups is 2. The topological polar surface area (TPSA) is 77.3 Å². The monoisotopic (exact) mass is 550 g/mol. The Kier molecular flexibility index (Phi) is 13.4. The summed E-state index contributed by atoms with van der Waals surface area (Å²) < 4.78 is 25.4. The number of hydrogen-bond acceptors (Lipinski definition) is 6. The van der Waals surface area contributed by atoms with Crippen LogP contribution in [0.1, 0.15) is 79.1 Å². The average Bonchev–Trinajstić information content (AvgIpc) is 3.31. The number of aliphatic hydroxyl groups is 1. The number of amidine groups is 1. The highest BCUT2D eigenvalue weighted by Crippen LogP contribution is 2.34. The van der Waals surface area contributed by atoms with Crippen LogP contribution in [0, 0.1) is 0 Å². The fourth-order valence-electron chi connectivity index (χ4n) is 4.91. The van der Waals surface area contributed by atoms with Crippen LogP contribution in [0.2, 0.25) is 0 Å². The van der Waals surface area contributed by atoms with E-state index in [0.29, 0.717) is 50.9 Å². The lowest BCUT2D eigenvalue weighted by Gasteiger charge is -2.29. The van der Waals surface area contributed by atoms with E-state index in [-0.39, 0.29) is 18.4 Å². The van der Waals surface area contributed by atoms with Crippen LogP contribution >= 0.6 is 11.8 Å². The molecule has 6 nitrogen and oxygen atoms in total. The molecule has 2 atom stereocenters. The standard InChI is InChI=1S/C29H44F2N4O2S/c1-6-15-29(37,9-4)16-11-14-27(36)34-21-18-24-22(23(32-5)12-10-13-26(30)31)19-33-28(35(24)20-21)25(8-3)38-17-7-2/h7-8,10,12,17,21,26,37H,6,9,11,13-16,18-20H2,1-5H3,(H,34,36)/b12-10-,17-7-,25-8?,32-23?. The molecule has 2 rings (SSSR count). The predicted octanol–water partition coefficient (Wildman–Crippen LogP) is 6.41. The summed E-state index contributed by atoms with van der Waals surface area (Å²) in [6.07, 6.45) is 8.94. The molecule has 9 heteroatoms. The number of carbonyl (C=O) groups is 1. The lowest BCUT2D eigenvalue weighted by molar-refractivity contribution is -0.122. The minimum Gasteiger partial charge on any atom is -0.390 e. The van der Waals surface area contributed by atoms with E-state index >= 15 is 0 Å². The molecular formula is C29H44F2N4O2S. The molecule has 2 aliphatic heterocycles. The van der Waals surface area contributed by atoms with Crippen LogP contribution in [-0.2, 0) is 4.79 Å². The van der Waals surface area contributed by atoms with E-state index < -0.39 is 12.0 Å². The minimum atomic E-state index is -2.41. The summed E-state index contributed by atoms with van der Waals surface area (Å²) in [5.41, 5.74) is 1.86. The van der Waals surface area contributed by atoms with Crippen molar-refractivity contribution in [3.63, 3.8) is 0 Å². The summed E-state index contributed by atoms with van der Waals surface area (Å²) in [5, 5.41) is 15.9. The molecule has 2 heterocycles. The fourth-order valence-corrected chi connectivity index (χ4v) is 5.61. The molecule has 2 N–H and O–H groups in total. The SMILES string of the molecule is CC=C(S/C=C\C)C1=NCC(C(/C=C\CC(F)F)=NC)=C2CC(NC(=O)CCCC(O)(CC)CCC)CN12. The lowest BCUT2D eigenvalue weighted by atomic mass is 9.89. The summed E-state index contributed by atoms with van der Waals surface area (Å²) in [7, 11) is 1.66. The number of fused-ring (bicyclic) bond motifs is 1. The van der Waals surface area contributed by atoms with Crippen molar-refractivity contribution in [2.45, 2.75) is 97.1 Å². The molecule has 1 amide bonds. The predicted molar refractivity (Wildman–Crippen MR) is 156 cm³/mol. The van der Waals surface area contributed by atoms with Crippen molar-refractivity contribution in [2.75, 3.05) is 20.1 Å². The van der Waals surface area contributed by atoms with Gasteiger partial charge in [-0.1, -0.05) is 50.3 Å². The van der Waals surface area contributed by atoms with Crippen molar-refractivity contribution in [1.82, 2.24) is 10.2 Å². The Bertz CT molecular complexity index is 987. The first-order valence-electron chi connectivity index (χ1n) is 13.6. The van der Waals surface area contributed by atoms with E-state index in [2.05, 4.69) is 22.1 Å². The van der Waals surface area contributed by atoms with Crippen molar-refractivity contribution in [3.05, 3.63) is 45.9 Å². The van der Waals surface area contributed by atoms with Gasteiger partial charge in [-0.05, 0) is 51.0 Å². The molecule has 0 saturated carbocycles. The molecule has 0 spiro atoms. The minimum absolute atomic E-state index is 0.0267. The summed E-state index contributed by atoms with van der Waals surface area (Å²) in [6.45, 7) is 8.96. The van der Waals surface area contributed by atoms with Crippen molar-refractivity contribution < 1.29 is 18.7 Å². The molecule has 0 aromatic heterocycles. The van der Waals surface area contributed by atoms with E-state index in [9.17, 15) is 18.7 Å². The van der Waals surface area contributed by atoms with Gasteiger partial charge in [-0.25, -0.2) is 8.78 Å². The van der Waals surface area contributed by atoms with Gasteiger partial charge >= 0.3 is 0 Å². The Hall–Kier alpha value is -2.26. The fraction of sp³-hybridized carbons (Fsp3) is 0.621. The second kappa shape index (κ2) is 16.0. The Morgan fingerprint density at radius 2 is 2.11 bits per heavy atom. The molecule has 1 fully saturated rings. The van der Waals surface area contributed by atoms with Gasteiger partial charge in [0.05, 0.1) is 23.9 Å². The van der Waals surface area contributed by atoms with Crippen LogP contribution in [0.25, 0.3) is 0 Å². The van der Waals surface area contributed by atoms with Gasteiger partial charge in [-0.3, -0.25) is 14.8 Å². The number of amides is 1. The summed E-state index contributed by atoms with van der Waals surface area (Å²) in [4.78, 5) is 25.2.